The van der Waals surface area contributed by atoms with E-state index in [0.29, 0.717) is 45.9 Å². The third-order valence-electron chi connectivity index (χ3n) is 20.5. The molecule has 0 aliphatic carbocycles. The number of fused-ring (bicyclic) bond motifs is 4. The van der Waals surface area contributed by atoms with Crippen LogP contribution < -0.4 is 42.5 Å². The topological polar surface area (TPSA) is 291 Å². The summed E-state index contributed by atoms with van der Waals surface area (Å²) < 4.78 is 11.1. The van der Waals surface area contributed by atoms with E-state index in [1.807, 2.05) is 109 Å². The molecule has 0 amide bonds. The Bertz CT molecular complexity index is 6810. The zero-order valence-electron chi connectivity index (χ0n) is 70.7. The fourth-order valence-electron chi connectivity index (χ4n) is 13.9. The van der Waals surface area contributed by atoms with Crippen molar-refractivity contribution in [2.24, 2.45) is 0 Å². The lowest BCUT2D eigenvalue weighted by atomic mass is 10.1. The van der Waals surface area contributed by atoms with Crippen molar-refractivity contribution >= 4 is 176 Å². The Morgan fingerprint density at radius 3 is 1.06 bits per heavy atom. The maximum absolute atomic E-state index is 5.52. The zero-order chi connectivity index (χ0) is 87.9. The lowest BCUT2D eigenvalue weighted by Crippen LogP contribution is -2.43. The van der Waals surface area contributed by atoms with E-state index >= 15 is 0 Å². The summed E-state index contributed by atoms with van der Waals surface area (Å²) in [4.78, 5) is 67.2. The first-order valence-corrected chi connectivity index (χ1v) is 44.6. The molecule has 0 bridgehead atoms. The van der Waals surface area contributed by atoms with Gasteiger partial charge in [0.2, 0.25) is 0 Å². The van der Waals surface area contributed by atoms with E-state index in [2.05, 4.69) is 280 Å². The lowest BCUT2D eigenvalue weighted by Gasteiger charge is -2.32. The molecule has 31 heteroatoms. The van der Waals surface area contributed by atoms with Crippen molar-refractivity contribution in [2.75, 3.05) is 123 Å². The molecule has 2 saturated heterocycles. The number of aromatic nitrogens is 14. The maximum Gasteiger partial charge on any atom is 0.189 e. The first kappa shape index (κ1) is 86.8. The molecule has 2 aliphatic heterocycles. The molecular formula is C97H90N26OS4. The van der Waals surface area contributed by atoms with Gasteiger partial charge in [0.1, 0.15) is 49.9 Å². The highest BCUT2D eigenvalue weighted by Gasteiger charge is 2.20. The van der Waals surface area contributed by atoms with E-state index in [0.717, 1.165) is 204 Å². The molecule has 0 unspecified atom stereocenters. The van der Waals surface area contributed by atoms with Gasteiger partial charge in [0.25, 0.3) is 0 Å². The van der Waals surface area contributed by atoms with Crippen LogP contribution in [0.1, 0.15) is 57.3 Å². The molecule has 11 heterocycles. The molecule has 17 aromatic rings. The number of terminal acetylenes is 4. The predicted octanol–water partition coefficient (Wildman–Crippen LogP) is 18.7. The molecule has 0 radical (unpaired) electrons. The molecular weight excluding hydrogens is 1670 g/mol. The van der Waals surface area contributed by atoms with Gasteiger partial charge < -0.3 is 61.6 Å². The number of anilines is 16. The third-order valence-corrected chi connectivity index (χ3v) is 24.4. The van der Waals surface area contributed by atoms with Crippen molar-refractivity contribution in [3.8, 4) is 49.4 Å². The van der Waals surface area contributed by atoms with Crippen LogP contribution in [0.15, 0.2) is 232 Å². The molecule has 8 aromatic carbocycles. The Balaban J connectivity index is 0.000000125. The minimum absolute atomic E-state index is 0.636. The average molecular weight is 1760 g/mol. The van der Waals surface area contributed by atoms with E-state index in [9.17, 15) is 0 Å². The summed E-state index contributed by atoms with van der Waals surface area (Å²) in [5.74, 6) is 14.5. The quantitative estimate of drug-likeness (QED) is 0.0234. The standard InChI is InChI=1S/C25H25N7S.C25H21N7S.C25H24N6OS.C22H20N6S/c1-3-18-5-4-6-21(15-18)28-23-22-24(27-17-26-23)30-25(33-22)29-20-9-7-19(8-10-20)16-32-13-11-31(2)12-14-32;1-3-17-6-5-7-20(14-17)29-23-22-24(28-16-27-23)31-25(33-22)30-19-10-8-18(9-11-19)15-32-13-12-26-21(32)4-2;1-2-18-4-3-5-21(16-18)28-23-22-24(27-17-26-23)30-25(33-22)29-20-8-6-19(7-9-20)10-11-31-12-14-32-15-13-31;1-4-15-6-5-7-18(12-15)25-20-19-21(24-14-23-20)27-22(29-19)26-17-10-8-16(9-11-17)13-28(2)3/h1,4-10,15,17H,11-14,16H2,2H3,(H2,26,27,28,29,30);1,5-14,16H,4,15H2,2H3,(H2,27,28,29,30,31);1,3-9,16-17H,10-15H2,(H2,26,27,28,29,30);1,5-12,14H,13H2,2-3H3,(H2,23,24,25,26,27). The number of piperazine rings is 1. The number of aryl methyl sites for hydroxylation is 1. The number of rotatable bonds is 26. The Kier molecular flexibility index (Phi) is 28.7. The number of nitrogens with one attached hydrogen (secondary N) is 8. The van der Waals surface area contributed by atoms with Crippen molar-refractivity contribution < 1.29 is 4.74 Å². The van der Waals surface area contributed by atoms with E-state index < -0.39 is 0 Å². The van der Waals surface area contributed by atoms with Gasteiger partial charge in [0, 0.05) is 152 Å². The fourth-order valence-corrected chi connectivity index (χ4v) is 17.5. The van der Waals surface area contributed by atoms with Crippen LogP contribution in [0.3, 0.4) is 0 Å². The van der Waals surface area contributed by atoms with Crippen LogP contribution >= 0.6 is 45.3 Å². The highest BCUT2D eigenvalue weighted by molar-refractivity contribution is 7.24. The summed E-state index contributed by atoms with van der Waals surface area (Å²) in [5, 5.41) is 29.9. The Labute approximate surface area is 758 Å². The number of thiazole rings is 4. The molecule has 27 nitrogen and oxygen atoms in total. The summed E-state index contributed by atoms with van der Waals surface area (Å²) >= 11 is 6.03. The zero-order valence-corrected chi connectivity index (χ0v) is 74.0. The number of benzene rings is 8. The molecule has 9 aromatic heterocycles. The van der Waals surface area contributed by atoms with Crippen LogP contribution in [0.25, 0.3) is 41.4 Å². The van der Waals surface area contributed by atoms with Gasteiger partial charge in [0.15, 0.2) is 66.4 Å². The Hall–Kier alpha value is -14.7. The van der Waals surface area contributed by atoms with Crippen LogP contribution in [0.4, 0.5) is 89.3 Å². The SMILES string of the molecule is C#Cc1cccc(Nc2ncnc3nc(Nc4ccc(CCN5CCOCC5)cc4)sc23)c1.C#Cc1cccc(Nc2ncnc3nc(Nc4ccc(CN(C)C)cc4)sc23)c1.C#Cc1cccc(Nc2ncnc3nc(Nc4ccc(CN5CCN(C)CC5)cc4)sc23)c1.C#Cc1cccc(Nc2ncnc3nc(Nc4ccc(Cn5ccnc5CC)cc4)sc23)c1. The minimum atomic E-state index is 0.636. The van der Waals surface area contributed by atoms with Crippen molar-refractivity contribution in [1.29, 1.82) is 0 Å². The van der Waals surface area contributed by atoms with Gasteiger partial charge in [0.05, 0.1) is 13.2 Å². The maximum atomic E-state index is 5.52. The molecule has 2 fully saturated rings. The number of likely N-dealkylation sites (N-methyl/N-ethyl adjacent to an activating group) is 1. The number of ether oxygens (including phenoxy) is 1. The number of nitrogens with zero attached hydrogens (tertiary/aromatic N) is 18. The second-order valence-electron chi connectivity index (χ2n) is 30.1. The smallest absolute Gasteiger partial charge is 0.189 e. The number of morpholine rings is 1. The summed E-state index contributed by atoms with van der Waals surface area (Å²) in [6.45, 7) is 14.1. The van der Waals surface area contributed by atoms with Gasteiger partial charge >= 0.3 is 0 Å². The largest absolute Gasteiger partial charge is 0.379 e. The number of hydrogen-bond acceptors (Lipinski definition) is 30. The van der Waals surface area contributed by atoms with Gasteiger partial charge in [-0.1, -0.05) is 149 Å². The van der Waals surface area contributed by atoms with E-state index in [4.69, 9.17) is 30.4 Å². The van der Waals surface area contributed by atoms with Gasteiger partial charge in [-0.3, -0.25) is 9.80 Å². The van der Waals surface area contributed by atoms with Crippen LogP contribution in [0.2, 0.25) is 0 Å². The Morgan fingerprint density at radius 1 is 0.375 bits per heavy atom. The fraction of sp³-hybridized carbons (Fsp3) is 0.186. The minimum Gasteiger partial charge on any atom is -0.379 e. The molecule has 8 N–H and O–H groups in total. The van der Waals surface area contributed by atoms with E-state index in [-0.39, 0.29) is 0 Å². The van der Waals surface area contributed by atoms with Crippen molar-refractivity contribution in [1.82, 2.24) is 89.0 Å². The van der Waals surface area contributed by atoms with Gasteiger partial charge in [-0.05, 0) is 171 Å². The summed E-state index contributed by atoms with van der Waals surface area (Å²) in [5.41, 5.74) is 18.4. The summed E-state index contributed by atoms with van der Waals surface area (Å²) in [6, 6.07) is 64.4. The van der Waals surface area contributed by atoms with Crippen LogP contribution in [-0.4, -0.2) is 169 Å². The third kappa shape index (κ3) is 23.4. The van der Waals surface area contributed by atoms with Crippen molar-refractivity contribution in [2.45, 2.75) is 39.4 Å². The monoisotopic (exact) mass is 1760 g/mol. The van der Waals surface area contributed by atoms with Crippen LogP contribution in [0, 0.1) is 49.4 Å². The van der Waals surface area contributed by atoms with Gasteiger partial charge in [-0.15, -0.1) is 25.7 Å². The van der Waals surface area contributed by atoms with Crippen molar-refractivity contribution in [3.05, 3.63) is 282 Å². The average Bonchev–Trinajstić information content (AvgIpc) is 1.67. The molecule has 0 saturated carbocycles. The van der Waals surface area contributed by atoms with E-state index in [1.54, 1.807) is 0 Å². The van der Waals surface area contributed by atoms with Crippen molar-refractivity contribution in [3.63, 3.8) is 0 Å². The number of imidazole rings is 1. The van der Waals surface area contributed by atoms with Crippen LogP contribution in [-0.2, 0) is 37.2 Å². The highest BCUT2D eigenvalue weighted by Crippen LogP contribution is 2.38. The van der Waals surface area contributed by atoms with Crippen LogP contribution in [0.5, 0.6) is 0 Å². The molecule has 0 atom stereocenters. The molecule has 2 aliphatic rings. The molecule has 128 heavy (non-hydrogen) atoms. The predicted molar refractivity (Wildman–Crippen MR) is 522 cm³/mol. The molecule has 19 rings (SSSR count). The second kappa shape index (κ2) is 42.3. The molecule has 0 spiro atoms. The van der Waals surface area contributed by atoms with Gasteiger partial charge in [-0.2, -0.15) is 19.9 Å². The van der Waals surface area contributed by atoms with Gasteiger partial charge in [-0.25, -0.2) is 44.9 Å². The number of hydrogen-bond donors (Lipinski definition) is 8. The normalized spacial score (nSPS) is 12.7. The first-order valence-electron chi connectivity index (χ1n) is 41.4. The first-order chi connectivity index (χ1) is 62.7. The summed E-state index contributed by atoms with van der Waals surface area (Å²) in [6.07, 6.45) is 33.9. The molecule has 638 valence electrons. The Morgan fingerprint density at radius 2 is 0.719 bits per heavy atom. The lowest BCUT2D eigenvalue weighted by molar-refractivity contribution is 0.0384. The van der Waals surface area contributed by atoms with E-state index in [1.165, 1.54) is 92.9 Å². The second-order valence-corrected chi connectivity index (χ2v) is 34.1. The summed E-state index contributed by atoms with van der Waals surface area (Å²) in [7, 11) is 6.30. The highest BCUT2D eigenvalue weighted by atomic mass is 32.1.